The second kappa shape index (κ2) is 7.80. The second-order valence-corrected chi connectivity index (χ2v) is 7.98. The molecule has 1 aromatic rings. The summed E-state index contributed by atoms with van der Waals surface area (Å²) < 4.78 is 1.09. The van der Waals surface area contributed by atoms with Crippen molar-refractivity contribution in [2.24, 2.45) is 11.8 Å². The van der Waals surface area contributed by atoms with Crippen molar-refractivity contribution in [2.75, 3.05) is 19.6 Å². The van der Waals surface area contributed by atoms with Crippen LogP contribution in [0.1, 0.15) is 50.6 Å². The zero-order valence-electron chi connectivity index (χ0n) is 13.9. The van der Waals surface area contributed by atoms with Gasteiger partial charge in [-0.25, -0.2) is 0 Å². The molecule has 2 saturated heterocycles. The van der Waals surface area contributed by atoms with E-state index in [0.29, 0.717) is 24.2 Å². The fraction of sp³-hybridized carbons (Fsp3) is 0.632. The van der Waals surface area contributed by atoms with Crippen LogP contribution in [-0.4, -0.2) is 30.4 Å². The number of carbonyl (C=O) groups is 1. The summed E-state index contributed by atoms with van der Waals surface area (Å²) in [6.07, 6.45) is 5.33. The lowest BCUT2D eigenvalue weighted by atomic mass is 9.84. The van der Waals surface area contributed by atoms with Crippen molar-refractivity contribution < 1.29 is 4.79 Å². The third-order valence-electron chi connectivity index (χ3n) is 5.49. The predicted octanol–water partition coefficient (Wildman–Crippen LogP) is 4.14. The summed E-state index contributed by atoms with van der Waals surface area (Å²) in [6.45, 7) is 5.38. The number of halogens is 1. The van der Waals surface area contributed by atoms with E-state index in [0.717, 1.165) is 36.9 Å². The predicted molar refractivity (Wildman–Crippen MR) is 97.2 cm³/mol. The van der Waals surface area contributed by atoms with Gasteiger partial charge in [0.1, 0.15) is 0 Å². The Morgan fingerprint density at radius 1 is 1.35 bits per heavy atom. The topological polar surface area (TPSA) is 32.3 Å². The van der Waals surface area contributed by atoms with Gasteiger partial charge in [-0.3, -0.25) is 4.79 Å². The average molecular weight is 379 g/mol. The van der Waals surface area contributed by atoms with E-state index >= 15 is 0 Å². The van der Waals surface area contributed by atoms with Crippen LogP contribution in [0.25, 0.3) is 0 Å². The van der Waals surface area contributed by atoms with Gasteiger partial charge < -0.3 is 10.2 Å². The van der Waals surface area contributed by atoms with Crippen LogP contribution >= 0.6 is 15.9 Å². The van der Waals surface area contributed by atoms with Crippen molar-refractivity contribution >= 4 is 21.8 Å². The van der Waals surface area contributed by atoms with E-state index < -0.39 is 0 Å². The Labute approximate surface area is 148 Å². The Balaban J connectivity index is 1.63. The minimum absolute atomic E-state index is 0.264. The minimum atomic E-state index is 0.264. The number of amides is 1. The van der Waals surface area contributed by atoms with E-state index in [2.05, 4.69) is 51.3 Å². The molecule has 0 radical (unpaired) electrons. The Bertz CT molecular complexity index is 542. The number of piperidine rings is 1. The molecule has 3 rings (SSSR count). The highest BCUT2D eigenvalue weighted by Crippen LogP contribution is 2.35. The van der Waals surface area contributed by atoms with Crippen molar-refractivity contribution in [3.63, 3.8) is 0 Å². The van der Waals surface area contributed by atoms with Crippen molar-refractivity contribution in [3.05, 3.63) is 34.3 Å². The van der Waals surface area contributed by atoms with Crippen molar-refractivity contribution in [1.82, 2.24) is 10.2 Å². The summed E-state index contributed by atoms with van der Waals surface area (Å²) in [4.78, 5) is 15.0. The van der Waals surface area contributed by atoms with Crippen molar-refractivity contribution in [1.29, 1.82) is 0 Å². The highest BCUT2D eigenvalue weighted by atomic mass is 79.9. The molecule has 1 N–H and O–H groups in total. The lowest BCUT2D eigenvalue weighted by Crippen LogP contribution is -2.35. The minimum Gasteiger partial charge on any atom is -0.336 e. The van der Waals surface area contributed by atoms with Crippen LogP contribution in [0.15, 0.2) is 28.7 Å². The average Bonchev–Trinajstić information content (AvgIpc) is 3.05. The fourth-order valence-electron chi connectivity index (χ4n) is 4.10. The number of likely N-dealkylation sites (tertiary alicyclic amines) is 1. The fourth-order valence-corrected chi connectivity index (χ4v) is 4.52. The first-order valence-corrected chi connectivity index (χ1v) is 9.70. The first-order valence-electron chi connectivity index (χ1n) is 8.91. The number of nitrogens with one attached hydrogen (secondary N) is 1. The van der Waals surface area contributed by atoms with E-state index in [1.165, 1.54) is 18.4 Å². The third-order valence-corrected chi connectivity index (χ3v) is 5.98. The lowest BCUT2D eigenvalue weighted by Gasteiger charge is -2.31. The summed E-state index contributed by atoms with van der Waals surface area (Å²) >= 11 is 3.55. The lowest BCUT2D eigenvalue weighted by molar-refractivity contribution is -0.133. The number of nitrogens with zero attached hydrogens (tertiary/aromatic N) is 1. The number of rotatable bonds is 4. The van der Waals surface area contributed by atoms with Crippen LogP contribution in [0.2, 0.25) is 0 Å². The summed E-state index contributed by atoms with van der Waals surface area (Å²) in [5.41, 5.74) is 1.26. The van der Waals surface area contributed by atoms with Gasteiger partial charge in [0.15, 0.2) is 0 Å². The standard InChI is InChI=1S/C19H27BrN2O/c1-14(15-7-9-21-10-8-15)12-19(23)22-11-3-6-18(22)16-4-2-5-17(20)13-16/h2,4-5,13-15,18,21H,3,6-12H2,1H3. The maximum absolute atomic E-state index is 12.9. The molecule has 3 nitrogen and oxygen atoms in total. The van der Waals surface area contributed by atoms with E-state index in [9.17, 15) is 4.79 Å². The van der Waals surface area contributed by atoms with Crippen LogP contribution in [0.5, 0.6) is 0 Å². The number of carbonyl (C=O) groups excluding carboxylic acids is 1. The molecule has 2 fully saturated rings. The molecule has 1 aromatic carbocycles. The van der Waals surface area contributed by atoms with E-state index in [1.54, 1.807) is 0 Å². The van der Waals surface area contributed by atoms with Gasteiger partial charge in [0.05, 0.1) is 6.04 Å². The van der Waals surface area contributed by atoms with E-state index in [1.807, 2.05) is 6.07 Å². The van der Waals surface area contributed by atoms with Crippen LogP contribution in [0, 0.1) is 11.8 Å². The molecule has 0 aliphatic carbocycles. The molecule has 2 heterocycles. The summed E-state index contributed by atoms with van der Waals surface area (Å²) in [7, 11) is 0. The summed E-state index contributed by atoms with van der Waals surface area (Å²) in [6, 6.07) is 8.69. The molecule has 2 aliphatic rings. The van der Waals surface area contributed by atoms with Crippen LogP contribution in [0.4, 0.5) is 0 Å². The zero-order valence-corrected chi connectivity index (χ0v) is 15.5. The number of hydrogen-bond acceptors (Lipinski definition) is 2. The van der Waals surface area contributed by atoms with Crippen LogP contribution < -0.4 is 5.32 Å². The summed E-state index contributed by atoms with van der Waals surface area (Å²) in [5.74, 6) is 1.54. The molecular weight excluding hydrogens is 352 g/mol. The van der Waals surface area contributed by atoms with Crippen LogP contribution in [0.3, 0.4) is 0 Å². The Morgan fingerprint density at radius 3 is 2.87 bits per heavy atom. The van der Waals surface area contributed by atoms with Gasteiger partial charge in [0.25, 0.3) is 0 Å². The molecule has 4 heteroatoms. The number of benzene rings is 1. The largest absolute Gasteiger partial charge is 0.336 e. The van der Waals surface area contributed by atoms with E-state index in [-0.39, 0.29) is 6.04 Å². The zero-order chi connectivity index (χ0) is 16.2. The molecule has 1 amide bonds. The third kappa shape index (κ3) is 4.16. The molecule has 0 saturated carbocycles. The number of hydrogen-bond donors (Lipinski definition) is 1. The molecule has 2 unspecified atom stereocenters. The van der Waals surface area contributed by atoms with Gasteiger partial charge in [-0.1, -0.05) is 35.0 Å². The van der Waals surface area contributed by atoms with Crippen molar-refractivity contribution in [2.45, 2.75) is 45.1 Å². The molecule has 0 spiro atoms. The van der Waals surface area contributed by atoms with Gasteiger partial charge in [0.2, 0.25) is 5.91 Å². The SMILES string of the molecule is CC(CC(=O)N1CCCC1c1cccc(Br)c1)C1CCNCC1. The van der Waals surface area contributed by atoms with Gasteiger partial charge >= 0.3 is 0 Å². The molecule has 0 aromatic heterocycles. The Kier molecular flexibility index (Phi) is 5.76. The van der Waals surface area contributed by atoms with Gasteiger partial charge in [-0.15, -0.1) is 0 Å². The van der Waals surface area contributed by atoms with Gasteiger partial charge in [-0.2, -0.15) is 0 Å². The molecule has 2 atom stereocenters. The normalized spacial score (nSPS) is 23.9. The highest BCUT2D eigenvalue weighted by Gasteiger charge is 2.32. The monoisotopic (exact) mass is 378 g/mol. The molecule has 2 aliphatic heterocycles. The van der Waals surface area contributed by atoms with Gasteiger partial charge in [-0.05, 0) is 68.3 Å². The Hall–Kier alpha value is -0.870. The quantitative estimate of drug-likeness (QED) is 0.853. The van der Waals surface area contributed by atoms with E-state index in [4.69, 9.17) is 0 Å². The first-order chi connectivity index (χ1) is 11.1. The smallest absolute Gasteiger partial charge is 0.223 e. The first kappa shape index (κ1) is 17.0. The molecule has 23 heavy (non-hydrogen) atoms. The maximum atomic E-state index is 12.9. The molecule has 126 valence electrons. The highest BCUT2D eigenvalue weighted by molar-refractivity contribution is 9.10. The maximum Gasteiger partial charge on any atom is 0.223 e. The molecular formula is C19H27BrN2O. The van der Waals surface area contributed by atoms with Gasteiger partial charge in [0, 0.05) is 17.4 Å². The van der Waals surface area contributed by atoms with Crippen molar-refractivity contribution in [3.8, 4) is 0 Å². The molecule has 0 bridgehead atoms. The Morgan fingerprint density at radius 2 is 2.13 bits per heavy atom. The second-order valence-electron chi connectivity index (χ2n) is 7.07. The van der Waals surface area contributed by atoms with Crippen LogP contribution in [-0.2, 0) is 4.79 Å². The summed E-state index contributed by atoms with van der Waals surface area (Å²) in [5, 5.41) is 3.41.